The summed E-state index contributed by atoms with van der Waals surface area (Å²) < 4.78 is 5.20. The minimum atomic E-state index is 0.269. The molecule has 0 saturated carbocycles. The number of aromatic hydroxyl groups is 1. The first kappa shape index (κ1) is 13.9. The van der Waals surface area contributed by atoms with Gasteiger partial charge in [-0.1, -0.05) is 5.16 Å². The zero-order valence-corrected chi connectivity index (χ0v) is 11.8. The second kappa shape index (κ2) is 6.58. The van der Waals surface area contributed by atoms with Crippen LogP contribution in [0.25, 0.3) is 0 Å². The lowest BCUT2D eigenvalue weighted by Crippen LogP contribution is -2.24. The summed E-state index contributed by atoms with van der Waals surface area (Å²) >= 11 is 1.60. The number of nitrogens with one attached hydrogen (secondary N) is 1. The van der Waals surface area contributed by atoms with E-state index in [2.05, 4.69) is 22.4 Å². The molecule has 0 spiro atoms. The summed E-state index contributed by atoms with van der Waals surface area (Å²) in [5.74, 6) is 2.25. The van der Waals surface area contributed by atoms with E-state index in [4.69, 9.17) is 4.52 Å². The fraction of sp³-hybridized carbons (Fsp3) is 0.385. The Kier molecular flexibility index (Phi) is 4.81. The molecule has 1 aromatic heterocycles. The summed E-state index contributed by atoms with van der Waals surface area (Å²) in [5, 5.41) is 16.3. The lowest BCUT2D eigenvalue weighted by atomic mass is 10.2. The van der Waals surface area contributed by atoms with Gasteiger partial charge in [-0.3, -0.25) is 0 Å². The van der Waals surface area contributed by atoms with Gasteiger partial charge < -0.3 is 14.9 Å². The molecule has 1 aromatic carbocycles. The van der Waals surface area contributed by atoms with Crippen LogP contribution in [0.15, 0.2) is 33.7 Å². The highest BCUT2D eigenvalue weighted by molar-refractivity contribution is 7.98. The molecule has 2 rings (SSSR count). The summed E-state index contributed by atoms with van der Waals surface area (Å²) in [5.41, 5.74) is 0. The maximum absolute atomic E-state index is 9.20. The Morgan fingerprint density at radius 2 is 2.11 bits per heavy atom. The molecule has 19 heavy (non-hydrogen) atoms. The van der Waals surface area contributed by atoms with Crippen LogP contribution in [0.3, 0.4) is 0 Å². The number of rotatable bonds is 6. The van der Waals surface area contributed by atoms with E-state index in [1.807, 2.05) is 19.2 Å². The van der Waals surface area contributed by atoms with Crippen molar-refractivity contribution in [2.75, 3.05) is 7.05 Å². The lowest BCUT2D eigenvalue weighted by Gasteiger charge is -2.04. The highest BCUT2D eigenvalue weighted by Gasteiger charge is 2.09. The number of benzene rings is 1. The topological polar surface area (TPSA) is 71.2 Å². The summed E-state index contributed by atoms with van der Waals surface area (Å²) in [6, 6.07) is 7.38. The predicted octanol–water partition coefficient (Wildman–Crippen LogP) is 2.22. The van der Waals surface area contributed by atoms with Gasteiger partial charge in [0.1, 0.15) is 5.75 Å². The molecule has 0 bridgehead atoms. The van der Waals surface area contributed by atoms with Crippen LogP contribution in [0.2, 0.25) is 0 Å². The Morgan fingerprint density at radius 1 is 1.37 bits per heavy atom. The predicted molar refractivity (Wildman–Crippen MR) is 74.2 cm³/mol. The minimum Gasteiger partial charge on any atom is -0.508 e. The quantitative estimate of drug-likeness (QED) is 0.790. The lowest BCUT2D eigenvalue weighted by molar-refractivity contribution is 0.382. The van der Waals surface area contributed by atoms with Crippen LogP contribution < -0.4 is 5.32 Å². The molecule has 0 saturated heterocycles. The largest absolute Gasteiger partial charge is 0.508 e. The zero-order valence-electron chi connectivity index (χ0n) is 11.0. The van der Waals surface area contributed by atoms with Crippen LogP contribution in [-0.4, -0.2) is 28.3 Å². The van der Waals surface area contributed by atoms with E-state index >= 15 is 0 Å². The molecule has 0 aliphatic carbocycles. The van der Waals surface area contributed by atoms with Crippen LogP contribution in [0.5, 0.6) is 5.75 Å². The molecule has 2 N–H and O–H groups in total. The first-order valence-corrected chi connectivity index (χ1v) is 7.06. The second-order valence-electron chi connectivity index (χ2n) is 4.28. The maximum Gasteiger partial charge on any atom is 0.237 e. The maximum atomic E-state index is 9.20. The van der Waals surface area contributed by atoms with Crippen molar-refractivity contribution in [2.24, 2.45) is 0 Å². The van der Waals surface area contributed by atoms with Gasteiger partial charge in [-0.05, 0) is 38.2 Å². The number of phenolic OH excluding ortho intramolecular Hbond substituents is 1. The summed E-state index contributed by atoms with van der Waals surface area (Å²) in [6.07, 6.45) is 0.754. The Hall–Kier alpha value is -1.53. The number of nitrogens with zero attached hydrogens (tertiary/aromatic N) is 2. The number of aromatic nitrogens is 2. The molecule has 1 heterocycles. The molecule has 0 fully saturated rings. The van der Waals surface area contributed by atoms with E-state index in [0.29, 0.717) is 17.7 Å². The highest BCUT2D eigenvalue weighted by Crippen LogP contribution is 2.23. The number of hydrogen-bond acceptors (Lipinski definition) is 6. The molecule has 0 radical (unpaired) electrons. The van der Waals surface area contributed by atoms with Gasteiger partial charge in [0, 0.05) is 17.4 Å². The van der Waals surface area contributed by atoms with Crippen molar-refractivity contribution >= 4 is 11.8 Å². The number of likely N-dealkylation sites (N-methyl/N-ethyl adjacent to an activating group) is 1. The summed E-state index contributed by atoms with van der Waals surface area (Å²) in [7, 11) is 1.91. The molecule has 1 atom stereocenters. The monoisotopic (exact) mass is 279 g/mol. The van der Waals surface area contributed by atoms with Crippen LogP contribution in [0.4, 0.5) is 0 Å². The number of hydrogen-bond donors (Lipinski definition) is 2. The fourth-order valence-corrected chi connectivity index (χ4v) is 2.23. The third kappa shape index (κ3) is 4.25. The van der Waals surface area contributed by atoms with Crippen LogP contribution in [0.1, 0.15) is 18.6 Å². The van der Waals surface area contributed by atoms with Crippen LogP contribution in [-0.2, 0) is 12.2 Å². The van der Waals surface area contributed by atoms with Gasteiger partial charge in [0.05, 0.1) is 5.75 Å². The van der Waals surface area contributed by atoms with Crippen LogP contribution >= 0.6 is 11.8 Å². The Labute approximate surface area is 116 Å². The van der Waals surface area contributed by atoms with Gasteiger partial charge in [0.2, 0.25) is 5.89 Å². The molecule has 2 aromatic rings. The van der Waals surface area contributed by atoms with E-state index in [9.17, 15) is 5.11 Å². The van der Waals surface area contributed by atoms with E-state index in [-0.39, 0.29) is 5.75 Å². The second-order valence-corrected chi connectivity index (χ2v) is 5.33. The van der Waals surface area contributed by atoms with Crippen molar-refractivity contribution in [1.82, 2.24) is 15.5 Å². The normalized spacial score (nSPS) is 12.5. The van der Waals surface area contributed by atoms with Crippen molar-refractivity contribution < 1.29 is 9.63 Å². The number of phenols is 1. The van der Waals surface area contributed by atoms with Crippen molar-refractivity contribution in [2.45, 2.75) is 30.0 Å². The van der Waals surface area contributed by atoms with E-state index in [1.165, 1.54) is 0 Å². The zero-order chi connectivity index (χ0) is 13.7. The molecule has 1 unspecified atom stereocenters. The SMILES string of the molecule is CNC(C)Cc1noc(CSc2ccc(O)cc2)n1. The average Bonchev–Trinajstić information content (AvgIpc) is 2.85. The first-order valence-electron chi connectivity index (χ1n) is 6.08. The van der Waals surface area contributed by atoms with Crippen LogP contribution in [0, 0.1) is 0 Å². The van der Waals surface area contributed by atoms with Crippen molar-refractivity contribution in [3.8, 4) is 5.75 Å². The molecular weight excluding hydrogens is 262 g/mol. The Bertz CT molecular complexity index is 513. The van der Waals surface area contributed by atoms with E-state index in [0.717, 1.165) is 17.1 Å². The average molecular weight is 279 g/mol. The molecule has 0 amide bonds. The van der Waals surface area contributed by atoms with Gasteiger partial charge in [0.25, 0.3) is 0 Å². The third-order valence-electron chi connectivity index (χ3n) is 2.69. The summed E-state index contributed by atoms with van der Waals surface area (Å²) in [6.45, 7) is 2.07. The fourth-order valence-electron chi connectivity index (χ4n) is 1.50. The smallest absolute Gasteiger partial charge is 0.237 e. The van der Waals surface area contributed by atoms with Gasteiger partial charge in [-0.15, -0.1) is 11.8 Å². The van der Waals surface area contributed by atoms with Gasteiger partial charge in [-0.25, -0.2) is 0 Å². The third-order valence-corrected chi connectivity index (χ3v) is 3.69. The van der Waals surface area contributed by atoms with Crippen molar-refractivity contribution in [3.05, 3.63) is 36.0 Å². The first-order chi connectivity index (χ1) is 9.17. The highest BCUT2D eigenvalue weighted by atomic mass is 32.2. The van der Waals surface area contributed by atoms with Crippen molar-refractivity contribution in [1.29, 1.82) is 0 Å². The molecule has 0 aliphatic rings. The van der Waals surface area contributed by atoms with Gasteiger partial charge >= 0.3 is 0 Å². The molecule has 0 aliphatic heterocycles. The van der Waals surface area contributed by atoms with Crippen molar-refractivity contribution in [3.63, 3.8) is 0 Å². The molecule has 5 nitrogen and oxygen atoms in total. The number of thioether (sulfide) groups is 1. The molecule has 6 heteroatoms. The Balaban J connectivity index is 1.88. The standard InChI is InChI=1S/C13H17N3O2S/c1-9(14-2)7-12-15-13(18-16-12)8-19-11-5-3-10(17)4-6-11/h3-6,9,14,17H,7-8H2,1-2H3. The minimum absolute atomic E-state index is 0.269. The molecular formula is C13H17N3O2S. The molecule has 102 valence electrons. The Morgan fingerprint density at radius 3 is 2.79 bits per heavy atom. The van der Waals surface area contributed by atoms with Gasteiger partial charge in [0.15, 0.2) is 5.82 Å². The van der Waals surface area contributed by atoms with E-state index in [1.54, 1.807) is 23.9 Å². The van der Waals surface area contributed by atoms with Gasteiger partial charge in [-0.2, -0.15) is 4.98 Å². The summed E-state index contributed by atoms with van der Waals surface area (Å²) in [4.78, 5) is 5.40. The van der Waals surface area contributed by atoms with E-state index < -0.39 is 0 Å².